The van der Waals surface area contributed by atoms with E-state index in [9.17, 15) is 9.90 Å². The molecule has 6 heteroatoms. The molecular weight excluding hydrogens is 454 g/mol. The van der Waals surface area contributed by atoms with Crippen molar-refractivity contribution in [2.24, 2.45) is 4.99 Å². The number of benzene rings is 1. The van der Waals surface area contributed by atoms with Crippen LogP contribution in [0.2, 0.25) is 0 Å². The van der Waals surface area contributed by atoms with E-state index in [2.05, 4.69) is 59.7 Å². The lowest BCUT2D eigenvalue weighted by atomic mass is 9.93. The summed E-state index contributed by atoms with van der Waals surface area (Å²) in [6.45, 7) is 2.76. The number of aromatic hydroxyl groups is 1. The van der Waals surface area contributed by atoms with Crippen molar-refractivity contribution in [1.29, 1.82) is 0 Å². The van der Waals surface area contributed by atoms with Crippen LogP contribution in [0.3, 0.4) is 0 Å². The number of hydrogen-bond donors (Lipinski definition) is 1. The smallest absolute Gasteiger partial charge is 0.201 e. The lowest BCUT2D eigenvalue weighted by Crippen LogP contribution is -2.17. The van der Waals surface area contributed by atoms with E-state index in [1.807, 2.05) is 0 Å². The molecule has 20 heavy (non-hydrogen) atoms. The summed E-state index contributed by atoms with van der Waals surface area (Å²) in [7, 11) is 0. The standard InChI is InChI=1S/C14H12Br3NO2/c1-2-3-4-18-10-6-9(17)13(19)11-7(15)5-8(16)14(20)12(10)11/h5-6,20H,2-4H2,1H3. The van der Waals surface area contributed by atoms with Gasteiger partial charge >= 0.3 is 0 Å². The van der Waals surface area contributed by atoms with Crippen LogP contribution >= 0.6 is 47.8 Å². The molecule has 1 aromatic rings. The summed E-state index contributed by atoms with van der Waals surface area (Å²) in [5, 5.41) is 10.3. The van der Waals surface area contributed by atoms with Crippen molar-refractivity contribution < 1.29 is 9.90 Å². The topological polar surface area (TPSA) is 49.7 Å². The number of rotatable bonds is 3. The molecule has 1 N–H and O–H groups in total. The summed E-state index contributed by atoms with van der Waals surface area (Å²) in [4.78, 5) is 16.7. The summed E-state index contributed by atoms with van der Waals surface area (Å²) in [5.41, 5.74) is 1.55. The summed E-state index contributed by atoms with van der Waals surface area (Å²) < 4.78 is 1.61. The van der Waals surface area contributed by atoms with E-state index >= 15 is 0 Å². The van der Waals surface area contributed by atoms with Gasteiger partial charge in [-0.1, -0.05) is 13.3 Å². The Hall–Kier alpha value is -0.460. The Kier molecular flexibility index (Phi) is 5.20. The molecule has 0 radical (unpaired) electrons. The molecule has 0 saturated carbocycles. The zero-order valence-electron chi connectivity index (χ0n) is 10.7. The minimum Gasteiger partial charge on any atom is -0.506 e. The number of carbonyl (C=O) groups is 1. The van der Waals surface area contributed by atoms with Crippen LogP contribution in [0, 0.1) is 0 Å². The highest BCUT2D eigenvalue weighted by molar-refractivity contribution is 9.12. The minimum absolute atomic E-state index is 0.0445. The maximum Gasteiger partial charge on any atom is 0.201 e. The highest BCUT2D eigenvalue weighted by Crippen LogP contribution is 2.40. The van der Waals surface area contributed by atoms with Gasteiger partial charge in [0.1, 0.15) is 5.75 Å². The van der Waals surface area contributed by atoms with E-state index in [1.54, 1.807) is 12.1 Å². The van der Waals surface area contributed by atoms with E-state index in [1.165, 1.54) is 0 Å². The number of ketones is 1. The summed E-state index contributed by atoms with van der Waals surface area (Å²) in [6, 6.07) is 1.67. The third kappa shape index (κ3) is 2.92. The third-order valence-electron chi connectivity index (χ3n) is 2.96. The second-order valence-corrected chi connectivity index (χ2v) is 6.94. The number of unbranched alkanes of at least 4 members (excludes halogenated alkanes) is 1. The molecule has 0 aliphatic heterocycles. The third-order valence-corrected chi connectivity index (χ3v) is 4.78. The van der Waals surface area contributed by atoms with Crippen molar-refractivity contribution in [2.75, 3.05) is 6.54 Å². The van der Waals surface area contributed by atoms with Crippen molar-refractivity contribution in [3.05, 3.63) is 36.7 Å². The van der Waals surface area contributed by atoms with Gasteiger partial charge in [0, 0.05) is 11.0 Å². The fourth-order valence-electron chi connectivity index (χ4n) is 1.94. The van der Waals surface area contributed by atoms with Gasteiger partial charge in [0.05, 0.1) is 25.8 Å². The Morgan fingerprint density at radius 2 is 1.90 bits per heavy atom. The molecule has 1 aliphatic carbocycles. The van der Waals surface area contributed by atoms with Crippen LogP contribution in [-0.4, -0.2) is 23.1 Å². The van der Waals surface area contributed by atoms with E-state index < -0.39 is 0 Å². The molecule has 2 rings (SSSR count). The fraction of sp³-hybridized carbons (Fsp3) is 0.286. The predicted octanol–water partition coefficient (Wildman–Crippen LogP) is 4.98. The molecule has 0 spiro atoms. The van der Waals surface area contributed by atoms with Crippen LogP contribution in [0.5, 0.6) is 5.75 Å². The first-order valence-electron chi connectivity index (χ1n) is 6.15. The summed E-state index contributed by atoms with van der Waals surface area (Å²) in [6.07, 6.45) is 3.68. The lowest BCUT2D eigenvalue weighted by Gasteiger charge is -2.18. The predicted molar refractivity (Wildman–Crippen MR) is 91.2 cm³/mol. The molecule has 0 unspecified atom stereocenters. The molecule has 106 valence electrons. The van der Waals surface area contributed by atoms with Gasteiger partial charge in [0.2, 0.25) is 5.78 Å². The van der Waals surface area contributed by atoms with Crippen LogP contribution in [0.1, 0.15) is 35.7 Å². The highest BCUT2D eigenvalue weighted by Gasteiger charge is 2.29. The normalized spacial score (nSPS) is 16.3. The first kappa shape index (κ1) is 15.9. The van der Waals surface area contributed by atoms with Gasteiger partial charge in [0.25, 0.3) is 0 Å². The number of halogens is 3. The van der Waals surface area contributed by atoms with Crippen molar-refractivity contribution in [3.63, 3.8) is 0 Å². The minimum atomic E-state index is -0.163. The van der Waals surface area contributed by atoms with E-state index in [0.29, 0.717) is 36.8 Å². The molecule has 0 aromatic heterocycles. The van der Waals surface area contributed by atoms with Crippen LogP contribution in [0.15, 0.2) is 30.6 Å². The summed E-state index contributed by atoms with van der Waals surface area (Å²) in [5.74, 6) is -0.118. The highest BCUT2D eigenvalue weighted by atomic mass is 79.9. The SMILES string of the molecule is CCCCN=C1C=C(Br)C(=O)c2c(Br)cc(Br)c(O)c21. The molecule has 0 saturated heterocycles. The van der Waals surface area contributed by atoms with Gasteiger partial charge in [-0.25, -0.2) is 0 Å². The number of nitrogens with zero attached hydrogens (tertiary/aromatic N) is 1. The number of aliphatic imine (C=N–C) groups is 1. The Morgan fingerprint density at radius 3 is 2.55 bits per heavy atom. The Morgan fingerprint density at radius 1 is 1.20 bits per heavy atom. The monoisotopic (exact) mass is 463 g/mol. The van der Waals surface area contributed by atoms with Gasteiger partial charge in [-0.3, -0.25) is 9.79 Å². The number of fused-ring (bicyclic) bond motifs is 1. The van der Waals surface area contributed by atoms with E-state index in [0.717, 1.165) is 12.8 Å². The molecule has 0 amide bonds. The molecule has 1 aromatic carbocycles. The average Bonchev–Trinajstić information content (AvgIpc) is 2.40. The van der Waals surface area contributed by atoms with Crippen molar-refractivity contribution >= 4 is 59.3 Å². The van der Waals surface area contributed by atoms with Gasteiger partial charge in [-0.2, -0.15) is 0 Å². The van der Waals surface area contributed by atoms with Crippen molar-refractivity contribution in [1.82, 2.24) is 0 Å². The molecule has 0 fully saturated rings. The van der Waals surface area contributed by atoms with Gasteiger partial charge in [-0.15, -0.1) is 0 Å². The van der Waals surface area contributed by atoms with Crippen LogP contribution in [-0.2, 0) is 0 Å². The lowest BCUT2D eigenvalue weighted by molar-refractivity contribution is 0.104. The Balaban J connectivity index is 2.65. The van der Waals surface area contributed by atoms with E-state index in [4.69, 9.17) is 0 Å². The second-order valence-electron chi connectivity index (χ2n) is 4.38. The van der Waals surface area contributed by atoms with Crippen molar-refractivity contribution in [2.45, 2.75) is 19.8 Å². The molecule has 0 heterocycles. The van der Waals surface area contributed by atoms with Crippen LogP contribution in [0.4, 0.5) is 0 Å². The Bertz CT molecular complexity index is 636. The Labute approximate surface area is 142 Å². The largest absolute Gasteiger partial charge is 0.506 e. The molecule has 1 aliphatic rings. The maximum absolute atomic E-state index is 12.2. The molecule has 3 nitrogen and oxygen atoms in total. The average molecular weight is 466 g/mol. The fourth-order valence-corrected chi connectivity index (χ4v) is 3.70. The summed E-state index contributed by atoms with van der Waals surface area (Å²) >= 11 is 9.94. The first-order valence-corrected chi connectivity index (χ1v) is 8.53. The number of hydrogen-bond acceptors (Lipinski definition) is 3. The molecular formula is C14H12Br3NO2. The van der Waals surface area contributed by atoms with Gasteiger partial charge in [0.15, 0.2) is 0 Å². The zero-order valence-corrected chi connectivity index (χ0v) is 15.5. The second kappa shape index (κ2) is 6.54. The number of allylic oxidation sites excluding steroid dienone is 2. The quantitative estimate of drug-likeness (QED) is 0.640. The van der Waals surface area contributed by atoms with Crippen LogP contribution < -0.4 is 0 Å². The number of Topliss-reactive ketones (excluding diaryl/α,β-unsaturated/α-hetero) is 1. The zero-order chi connectivity index (χ0) is 14.9. The van der Waals surface area contributed by atoms with Gasteiger partial charge in [-0.05, 0) is 66.4 Å². The van der Waals surface area contributed by atoms with E-state index in [-0.39, 0.29) is 11.5 Å². The number of phenols is 1. The van der Waals surface area contributed by atoms with Gasteiger partial charge < -0.3 is 5.11 Å². The van der Waals surface area contributed by atoms with Crippen LogP contribution in [0.25, 0.3) is 0 Å². The molecule has 0 bridgehead atoms. The molecule has 0 atom stereocenters. The number of carbonyl (C=O) groups excluding carboxylic acids is 1. The maximum atomic E-state index is 12.2. The number of phenolic OH excluding ortho intramolecular Hbond substituents is 1. The first-order chi connectivity index (χ1) is 9.47. The van der Waals surface area contributed by atoms with Crippen molar-refractivity contribution in [3.8, 4) is 5.75 Å².